The molecular formula is C12H16BrNO5S. The number of ether oxygens (including phenoxy) is 1. The van der Waals surface area contributed by atoms with Crippen LogP contribution in [0.1, 0.15) is 18.9 Å². The van der Waals surface area contributed by atoms with Crippen molar-refractivity contribution >= 4 is 31.5 Å². The summed E-state index contributed by atoms with van der Waals surface area (Å²) in [5, 5.41) is 11.5. The van der Waals surface area contributed by atoms with Crippen molar-refractivity contribution in [3.63, 3.8) is 0 Å². The van der Waals surface area contributed by atoms with E-state index in [1.54, 1.807) is 13.0 Å². The van der Waals surface area contributed by atoms with Crippen LogP contribution < -0.4 is 4.74 Å². The van der Waals surface area contributed by atoms with Gasteiger partial charge in [0, 0.05) is 17.1 Å². The molecule has 0 aromatic heterocycles. The molecule has 6 nitrogen and oxygen atoms in total. The van der Waals surface area contributed by atoms with Crippen molar-refractivity contribution < 1.29 is 18.1 Å². The predicted molar refractivity (Wildman–Crippen MR) is 80.2 cm³/mol. The van der Waals surface area contributed by atoms with E-state index in [0.717, 1.165) is 5.56 Å². The number of hydrogen-bond acceptors (Lipinski definition) is 5. The summed E-state index contributed by atoms with van der Waals surface area (Å²) < 4.78 is 27.9. The Labute approximate surface area is 126 Å². The number of nitro benzene ring substituents is 1. The minimum Gasteiger partial charge on any atom is -0.487 e. The van der Waals surface area contributed by atoms with Gasteiger partial charge in [-0.05, 0) is 18.1 Å². The highest BCUT2D eigenvalue weighted by Crippen LogP contribution is 2.28. The molecule has 0 saturated carbocycles. The molecule has 0 saturated heterocycles. The number of sulfone groups is 1. The van der Waals surface area contributed by atoms with Crippen molar-refractivity contribution in [3.8, 4) is 5.75 Å². The fourth-order valence-electron chi connectivity index (χ4n) is 1.52. The lowest BCUT2D eigenvalue weighted by atomic mass is 10.2. The Hall–Kier alpha value is -1.15. The number of halogens is 1. The van der Waals surface area contributed by atoms with Crippen LogP contribution in [0.4, 0.5) is 5.69 Å². The van der Waals surface area contributed by atoms with E-state index in [4.69, 9.17) is 4.74 Å². The summed E-state index contributed by atoms with van der Waals surface area (Å²) in [6.07, 6.45) is 0.313. The minimum absolute atomic E-state index is 0.0246. The zero-order valence-electron chi connectivity index (χ0n) is 11.0. The lowest BCUT2D eigenvalue weighted by molar-refractivity contribution is -0.385. The van der Waals surface area contributed by atoms with Crippen molar-refractivity contribution in [1.82, 2.24) is 0 Å². The normalized spacial score (nSPS) is 11.3. The average molecular weight is 366 g/mol. The Bertz CT molecular complexity index is 573. The highest BCUT2D eigenvalue weighted by Gasteiger charge is 2.16. The number of alkyl halides is 1. The summed E-state index contributed by atoms with van der Waals surface area (Å²) in [4.78, 5) is 10.4. The molecule has 0 fully saturated rings. The van der Waals surface area contributed by atoms with Gasteiger partial charge in [0.1, 0.15) is 9.84 Å². The van der Waals surface area contributed by atoms with Crippen molar-refractivity contribution in [2.75, 3.05) is 18.1 Å². The van der Waals surface area contributed by atoms with Gasteiger partial charge in [-0.1, -0.05) is 28.9 Å². The molecule has 0 radical (unpaired) electrons. The first-order valence-corrected chi connectivity index (χ1v) is 9.00. The van der Waals surface area contributed by atoms with E-state index >= 15 is 0 Å². The molecule has 0 atom stereocenters. The zero-order chi connectivity index (χ0) is 15.2. The number of benzene rings is 1. The van der Waals surface area contributed by atoms with Gasteiger partial charge in [0.25, 0.3) is 0 Å². The summed E-state index contributed by atoms with van der Waals surface area (Å²) >= 11 is 3.23. The topological polar surface area (TPSA) is 86.5 Å². The van der Waals surface area contributed by atoms with Crippen LogP contribution >= 0.6 is 15.9 Å². The number of nitrogens with zero attached hydrogens (tertiary/aromatic N) is 1. The molecule has 0 aliphatic rings. The van der Waals surface area contributed by atoms with Crippen molar-refractivity contribution in [2.45, 2.75) is 18.7 Å². The van der Waals surface area contributed by atoms with E-state index in [9.17, 15) is 18.5 Å². The number of rotatable bonds is 8. The number of nitro groups is 1. The van der Waals surface area contributed by atoms with E-state index in [1.165, 1.54) is 12.1 Å². The summed E-state index contributed by atoms with van der Waals surface area (Å²) in [5.41, 5.74) is 0.665. The molecule has 0 unspecified atom stereocenters. The monoisotopic (exact) mass is 365 g/mol. The fourth-order valence-corrected chi connectivity index (χ4v) is 2.71. The maximum Gasteiger partial charge on any atom is 0.311 e. The summed E-state index contributed by atoms with van der Waals surface area (Å²) in [6.45, 7) is 1.72. The van der Waals surface area contributed by atoms with E-state index in [0.29, 0.717) is 11.8 Å². The highest BCUT2D eigenvalue weighted by molar-refractivity contribution is 9.08. The molecule has 20 heavy (non-hydrogen) atoms. The molecule has 0 N–H and O–H groups in total. The lowest BCUT2D eigenvalue weighted by Gasteiger charge is -2.07. The molecule has 112 valence electrons. The van der Waals surface area contributed by atoms with Crippen LogP contribution in [0, 0.1) is 10.1 Å². The van der Waals surface area contributed by atoms with Crippen molar-refractivity contribution in [3.05, 3.63) is 33.9 Å². The Morgan fingerprint density at radius 2 is 2.10 bits per heavy atom. The molecule has 0 spiro atoms. The summed E-state index contributed by atoms with van der Waals surface area (Å²) in [6, 6.07) is 4.69. The van der Waals surface area contributed by atoms with E-state index in [1.807, 2.05) is 0 Å². The first-order valence-electron chi connectivity index (χ1n) is 6.06. The van der Waals surface area contributed by atoms with Crippen LogP contribution in [0.25, 0.3) is 0 Å². The van der Waals surface area contributed by atoms with Crippen LogP contribution in [-0.4, -0.2) is 31.5 Å². The van der Waals surface area contributed by atoms with Gasteiger partial charge in [-0.2, -0.15) is 0 Å². The summed E-state index contributed by atoms with van der Waals surface area (Å²) in [5.74, 6) is 0.276. The Kier molecular flexibility index (Phi) is 6.41. The largest absolute Gasteiger partial charge is 0.487 e. The van der Waals surface area contributed by atoms with E-state index in [-0.39, 0.29) is 29.5 Å². The van der Waals surface area contributed by atoms with Crippen LogP contribution in [-0.2, 0) is 15.2 Å². The average Bonchev–Trinajstić information content (AvgIpc) is 2.43. The molecule has 0 aliphatic carbocycles. The van der Waals surface area contributed by atoms with Gasteiger partial charge in [0.2, 0.25) is 0 Å². The van der Waals surface area contributed by atoms with Gasteiger partial charge in [-0.15, -0.1) is 0 Å². The SMILES string of the molecule is CCS(=O)(=O)CCCOc1ccc(CBr)cc1[N+](=O)[O-]. The standard InChI is InChI=1S/C12H16BrNO5S/c1-2-20(17,18)7-3-6-19-12-5-4-10(9-13)8-11(12)14(15)16/h4-5,8H,2-3,6-7,9H2,1H3. The van der Waals surface area contributed by atoms with Gasteiger partial charge < -0.3 is 4.74 Å². The fraction of sp³-hybridized carbons (Fsp3) is 0.500. The van der Waals surface area contributed by atoms with E-state index in [2.05, 4.69) is 15.9 Å². The first-order chi connectivity index (χ1) is 9.39. The van der Waals surface area contributed by atoms with Gasteiger partial charge in [-0.25, -0.2) is 8.42 Å². The second-order valence-electron chi connectivity index (χ2n) is 4.13. The molecule has 0 heterocycles. The van der Waals surface area contributed by atoms with Crippen LogP contribution in [0.15, 0.2) is 18.2 Å². The molecule has 1 aromatic rings. The zero-order valence-corrected chi connectivity index (χ0v) is 13.4. The van der Waals surface area contributed by atoms with Crippen LogP contribution in [0.3, 0.4) is 0 Å². The van der Waals surface area contributed by atoms with Gasteiger partial charge in [-0.3, -0.25) is 10.1 Å². The number of hydrogen-bond donors (Lipinski definition) is 0. The molecular weight excluding hydrogens is 350 g/mol. The van der Waals surface area contributed by atoms with Crippen LogP contribution in [0.5, 0.6) is 5.75 Å². The summed E-state index contributed by atoms with van der Waals surface area (Å²) in [7, 11) is -3.03. The third-order valence-electron chi connectivity index (χ3n) is 2.67. The van der Waals surface area contributed by atoms with E-state index < -0.39 is 14.8 Å². The molecule has 1 aromatic carbocycles. The minimum atomic E-state index is -3.03. The van der Waals surface area contributed by atoms with Crippen molar-refractivity contribution in [1.29, 1.82) is 0 Å². The predicted octanol–water partition coefficient (Wildman–Crippen LogP) is 2.69. The Balaban J connectivity index is 2.66. The second-order valence-corrected chi connectivity index (χ2v) is 7.16. The molecule has 0 aliphatic heterocycles. The molecule has 0 amide bonds. The second kappa shape index (κ2) is 7.58. The maximum atomic E-state index is 11.3. The lowest BCUT2D eigenvalue weighted by Crippen LogP contribution is -2.12. The third kappa shape index (κ3) is 5.09. The maximum absolute atomic E-state index is 11.3. The Morgan fingerprint density at radius 3 is 2.65 bits per heavy atom. The highest BCUT2D eigenvalue weighted by atomic mass is 79.9. The first kappa shape index (κ1) is 16.9. The Morgan fingerprint density at radius 1 is 1.40 bits per heavy atom. The smallest absolute Gasteiger partial charge is 0.311 e. The van der Waals surface area contributed by atoms with Gasteiger partial charge in [0.05, 0.1) is 17.3 Å². The molecule has 1 rings (SSSR count). The van der Waals surface area contributed by atoms with Gasteiger partial charge >= 0.3 is 5.69 Å². The molecule has 8 heteroatoms. The van der Waals surface area contributed by atoms with Crippen LogP contribution in [0.2, 0.25) is 0 Å². The molecule has 0 bridgehead atoms. The van der Waals surface area contributed by atoms with Gasteiger partial charge in [0.15, 0.2) is 5.75 Å². The quantitative estimate of drug-likeness (QED) is 0.306. The third-order valence-corrected chi connectivity index (χ3v) is 5.11. The van der Waals surface area contributed by atoms with Crippen molar-refractivity contribution in [2.24, 2.45) is 0 Å².